The lowest BCUT2D eigenvalue weighted by Crippen LogP contribution is -2.42. The summed E-state index contributed by atoms with van der Waals surface area (Å²) in [6, 6.07) is 15.2. The van der Waals surface area contributed by atoms with Gasteiger partial charge in [0.2, 0.25) is 5.91 Å². The molecule has 1 N–H and O–H groups in total. The zero-order valence-corrected chi connectivity index (χ0v) is 24.0. The molecule has 0 saturated carbocycles. The molecule has 0 aliphatic carbocycles. The Bertz CT molecular complexity index is 1900. The van der Waals surface area contributed by atoms with Gasteiger partial charge in [0.05, 0.1) is 42.5 Å². The first-order valence-electron chi connectivity index (χ1n) is 14.0. The van der Waals surface area contributed by atoms with Crippen LogP contribution in [0.2, 0.25) is 5.02 Å². The number of hydrogen-bond donors (Lipinski definition) is 1. The average molecular weight is 600 g/mol. The Morgan fingerprint density at radius 1 is 1.14 bits per heavy atom. The van der Waals surface area contributed by atoms with Crippen molar-refractivity contribution in [1.82, 2.24) is 30.1 Å². The smallest absolute Gasteiger partial charge is 0.255 e. The second kappa shape index (κ2) is 10.8. The van der Waals surface area contributed by atoms with E-state index < -0.39 is 11.9 Å². The SMILES string of the molecule is COc1ccc(-c2cn(Cc3nn4c(c3C(=O)NC3CCN(c5ccc(Cl)cc5F)C3=O)CCC4)nn2)c2ccccc12. The van der Waals surface area contributed by atoms with E-state index in [4.69, 9.17) is 21.4 Å². The minimum atomic E-state index is -0.784. The molecule has 0 spiro atoms. The number of halogens is 2. The van der Waals surface area contributed by atoms with E-state index >= 15 is 0 Å². The number of aromatic nitrogens is 5. The van der Waals surface area contributed by atoms with Gasteiger partial charge in [-0.05, 0) is 55.0 Å². The van der Waals surface area contributed by atoms with Crippen LogP contribution in [0.3, 0.4) is 0 Å². The number of hydrogen-bond acceptors (Lipinski definition) is 6. The Hall–Kier alpha value is -4.77. The summed E-state index contributed by atoms with van der Waals surface area (Å²) in [6.45, 7) is 1.22. The number of carbonyl (C=O) groups excluding carboxylic acids is 2. The van der Waals surface area contributed by atoms with Crippen LogP contribution >= 0.6 is 11.6 Å². The maximum Gasteiger partial charge on any atom is 0.255 e. The van der Waals surface area contributed by atoms with E-state index in [2.05, 4.69) is 15.6 Å². The van der Waals surface area contributed by atoms with E-state index in [9.17, 15) is 14.0 Å². The van der Waals surface area contributed by atoms with Crippen LogP contribution in [0, 0.1) is 5.82 Å². The normalized spacial score (nSPS) is 16.2. The number of aryl methyl sites for hydroxylation is 1. The molecule has 43 heavy (non-hydrogen) atoms. The third kappa shape index (κ3) is 4.79. The van der Waals surface area contributed by atoms with Crippen LogP contribution in [0.15, 0.2) is 60.8 Å². The molecule has 2 aliphatic heterocycles. The van der Waals surface area contributed by atoms with Crippen molar-refractivity contribution in [2.24, 2.45) is 0 Å². The quantitative estimate of drug-likeness (QED) is 0.292. The number of nitrogens with one attached hydrogen (secondary N) is 1. The first-order valence-corrected chi connectivity index (χ1v) is 14.4. The van der Waals surface area contributed by atoms with E-state index in [1.54, 1.807) is 11.8 Å². The lowest BCUT2D eigenvalue weighted by Gasteiger charge is -2.18. The highest BCUT2D eigenvalue weighted by atomic mass is 35.5. The highest BCUT2D eigenvalue weighted by Crippen LogP contribution is 2.34. The summed E-state index contributed by atoms with van der Waals surface area (Å²) < 4.78 is 23.6. The molecule has 0 radical (unpaired) electrons. The van der Waals surface area contributed by atoms with Crippen molar-refractivity contribution in [3.63, 3.8) is 0 Å². The highest BCUT2D eigenvalue weighted by molar-refractivity contribution is 6.30. The summed E-state index contributed by atoms with van der Waals surface area (Å²) in [5.74, 6) is -0.555. The number of nitrogens with zero attached hydrogens (tertiary/aromatic N) is 6. The van der Waals surface area contributed by atoms with E-state index in [1.807, 2.05) is 47.3 Å². The van der Waals surface area contributed by atoms with Gasteiger partial charge in [0.25, 0.3) is 5.91 Å². The first-order chi connectivity index (χ1) is 20.9. The van der Waals surface area contributed by atoms with Crippen molar-refractivity contribution >= 4 is 39.9 Å². The van der Waals surface area contributed by atoms with Gasteiger partial charge in [-0.15, -0.1) is 5.10 Å². The molecular formula is C31H27ClFN7O3. The van der Waals surface area contributed by atoms with Crippen LogP contribution in [-0.4, -0.2) is 56.3 Å². The van der Waals surface area contributed by atoms with Crippen molar-refractivity contribution in [2.45, 2.75) is 38.4 Å². The van der Waals surface area contributed by atoms with Crippen LogP contribution in [-0.2, 0) is 24.3 Å². The van der Waals surface area contributed by atoms with Crippen molar-refractivity contribution in [3.05, 3.63) is 88.6 Å². The van der Waals surface area contributed by atoms with Crippen molar-refractivity contribution in [3.8, 4) is 17.0 Å². The fraction of sp³-hybridized carbons (Fsp3) is 0.258. The van der Waals surface area contributed by atoms with Gasteiger partial charge in [-0.1, -0.05) is 41.1 Å². The molecule has 1 saturated heterocycles. The number of benzene rings is 3. The second-order valence-corrected chi connectivity index (χ2v) is 11.1. The topological polar surface area (TPSA) is 107 Å². The van der Waals surface area contributed by atoms with Crippen LogP contribution < -0.4 is 15.0 Å². The molecule has 2 amide bonds. The van der Waals surface area contributed by atoms with Gasteiger partial charge in [0, 0.05) is 29.1 Å². The van der Waals surface area contributed by atoms with Crippen LogP contribution in [0.1, 0.15) is 34.6 Å². The first kappa shape index (κ1) is 27.1. The minimum absolute atomic E-state index is 0.143. The van der Waals surface area contributed by atoms with E-state index in [0.717, 1.165) is 34.2 Å². The molecule has 4 heterocycles. The van der Waals surface area contributed by atoms with Gasteiger partial charge in [-0.3, -0.25) is 14.3 Å². The summed E-state index contributed by atoms with van der Waals surface area (Å²) in [6.07, 6.45) is 3.77. The Balaban J connectivity index is 1.13. The number of ether oxygens (including phenoxy) is 1. The lowest BCUT2D eigenvalue weighted by atomic mass is 10.0. The van der Waals surface area contributed by atoms with Crippen molar-refractivity contribution < 1.29 is 18.7 Å². The molecule has 2 aromatic heterocycles. The average Bonchev–Trinajstić information content (AvgIpc) is 3.79. The van der Waals surface area contributed by atoms with Gasteiger partial charge in [-0.25, -0.2) is 9.07 Å². The standard InChI is InChI=1S/C31H27ClFN7O3/c1-43-28-11-9-20(19-5-2-3-6-21(19)28)24-16-38(37-35-24)17-25-29(27-7-4-13-40(27)36-25)30(41)34-23-12-14-39(31(23)42)26-10-8-18(32)15-22(26)33/h2-3,5-6,8-11,15-16,23H,4,7,12-14,17H2,1H3,(H,34,41). The van der Waals surface area contributed by atoms with Crippen LogP contribution in [0.5, 0.6) is 5.75 Å². The van der Waals surface area contributed by atoms with E-state index in [1.165, 1.54) is 23.1 Å². The monoisotopic (exact) mass is 599 g/mol. The molecule has 7 rings (SSSR count). The number of fused-ring (bicyclic) bond motifs is 2. The van der Waals surface area contributed by atoms with Gasteiger partial charge in [-0.2, -0.15) is 5.10 Å². The van der Waals surface area contributed by atoms with Crippen molar-refractivity contribution in [2.75, 3.05) is 18.6 Å². The lowest BCUT2D eigenvalue weighted by molar-refractivity contribution is -0.118. The Labute approximate surface area is 251 Å². The fourth-order valence-electron chi connectivity index (χ4n) is 6.07. The van der Waals surface area contributed by atoms with Gasteiger partial charge in [0.1, 0.15) is 23.3 Å². The van der Waals surface area contributed by atoms with E-state index in [0.29, 0.717) is 36.3 Å². The zero-order valence-electron chi connectivity index (χ0n) is 23.3. The Morgan fingerprint density at radius 3 is 2.79 bits per heavy atom. The molecule has 1 atom stereocenters. The number of amides is 2. The third-order valence-corrected chi connectivity index (χ3v) is 8.32. The predicted molar refractivity (Wildman–Crippen MR) is 159 cm³/mol. The maximum absolute atomic E-state index is 14.5. The molecule has 1 unspecified atom stereocenters. The maximum atomic E-state index is 14.5. The number of carbonyl (C=O) groups is 2. The Morgan fingerprint density at radius 2 is 1.98 bits per heavy atom. The Kier molecular flexibility index (Phi) is 6.81. The number of anilines is 1. The summed E-state index contributed by atoms with van der Waals surface area (Å²) in [7, 11) is 1.64. The summed E-state index contributed by atoms with van der Waals surface area (Å²) in [5, 5.41) is 18.6. The molecule has 10 nitrogen and oxygen atoms in total. The molecule has 1 fully saturated rings. The summed E-state index contributed by atoms with van der Waals surface area (Å²) in [4.78, 5) is 28.2. The number of rotatable bonds is 7. The molecule has 5 aromatic rings. The molecule has 12 heteroatoms. The van der Waals surface area contributed by atoms with Crippen LogP contribution in [0.25, 0.3) is 22.0 Å². The molecule has 218 valence electrons. The van der Waals surface area contributed by atoms with Crippen molar-refractivity contribution in [1.29, 1.82) is 0 Å². The molecule has 2 aliphatic rings. The highest BCUT2D eigenvalue weighted by Gasteiger charge is 2.37. The third-order valence-electron chi connectivity index (χ3n) is 8.08. The van der Waals surface area contributed by atoms with E-state index in [-0.39, 0.29) is 35.6 Å². The summed E-state index contributed by atoms with van der Waals surface area (Å²) >= 11 is 5.88. The largest absolute Gasteiger partial charge is 0.496 e. The molecular weight excluding hydrogens is 573 g/mol. The summed E-state index contributed by atoms with van der Waals surface area (Å²) in [5.41, 5.74) is 3.57. The second-order valence-electron chi connectivity index (χ2n) is 10.7. The minimum Gasteiger partial charge on any atom is -0.496 e. The molecule has 3 aromatic carbocycles. The van der Waals surface area contributed by atoms with Gasteiger partial charge in [0.15, 0.2) is 0 Å². The van der Waals surface area contributed by atoms with Gasteiger partial charge < -0.3 is 15.0 Å². The zero-order chi connectivity index (χ0) is 29.7. The van der Waals surface area contributed by atoms with Crippen LogP contribution in [0.4, 0.5) is 10.1 Å². The van der Waals surface area contributed by atoms with Gasteiger partial charge >= 0.3 is 0 Å². The fourth-order valence-corrected chi connectivity index (χ4v) is 6.23. The predicted octanol–water partition coefficient (Wildman–Crippen LogP) is 4.63. The number of methoxy groups -OCH3 is 1. The molecule has 0 bridgehead atoms.